The minimum atomic E-state index is -2.84. The fourth-order valence-corrected chi connectivity index (χ4v) is 9.98. The molecule has 0 aliphatic rings. The summed E-state index contributed by atoms with van der Waals surface area (Å²) in [7, 11) is -2.84. The fraction of sp³-hybridized carbons (Fsp3) is 0.0323. The molecule has 3 heteroatoms. The van der Waals surface area contributed by atoms with E-state index in [0.29, 0.717) is 0 Å². The summed E-state index contributed by atoms with van der Waals surface area (Å²) in [6.07, 6.45) is -1.08. The third-order valence-corrected chi connectivity index (χ3v) is 11.3. The molecule has 1 atom stereocenters. The van der Waals surface area contributed by atoms with Crippen LogP contribution < -0.4 is 21.2 Å². The molecule has 0 radical (unpaired) electrons. The summed E-state index contributed by atoms with van der Waals surface area (Å²) in [5.41, 5.74) is 1.02. The monoisotopic (exact) mass is 464 g/mol. The Morgan fingerprint density at radius 2 is 0.853 bits per heavy atom. The molecule has 5 aromatic carbocycles. The van der Waals surface area contributed by atoms with E-state index in [1.54, 1.807) is 18.2 Å². The van der Waals surface area contributed by atoms with Gasteiger partial charge in [-0.15, -0.1) is 0 Å². The van der Waals surface area contributed by atoms with Gasteiger partial charge in [-0.2, -0.15) is 0 Å². The zero-order valence-electron chi connectivity index (χ0n) is 18.7. The number of aliphatic hydroxyl groups excluding tert-OH is 1. The zero-order valence-corrected chi connectivity index (χ0v) is 19.7. The first-order chi connectivity index (χ1) is 16.7. The molecule has 0 saturated carbocycles. The van der Waals surface area contributed by atoms with E-state index < -0.39 is 19.2 Å². The van der Waals surface area contributed by atoms with Crippen LogP contribution >= 0.6 is 7.26 Å². The summed E-state index contributed by atoms with van der Waals surface area (Å²) in [6.45, 7) is 0. The zero-order chi connectivity index (χ0) is 23.4. The van der Waals surface area contributed by atoms with Crippen molar-refractivity contribution in [2.75, 3.05) is 0 Å². The van der Waals surface area contributed by atoms with Crippen LogP contribution in [0.5, 0.6) is 0 Å². The molecule has 5 aromatic rings. The van der Waals surface area contributed by atoms with Crippen LogP contribution in [0.4, 0.5) is 4.39 Å². The predicted octanol–water partition coefficient (Wildman–Crippen LogP) is 5.26. The maximum atomic E-state index is 14.8. The van der Waals surface area contributed by atoms with Crippen LogP contribution in [0.25, 0.3) is 0 Å². The van der Waals surface area contributed by atoms with Gasteiger partial charge in [-0.1, -0.05) is 0 Å². The second-order valence-electron chi connectivity index (χ2n) is 8.36. The number of aliphatic hydroxyl groups is 1. The van der Waals surface area contributed by atoms with Gasteiger partial charge in [0.05, 0.1) is 0 Å². The number of halogens is 1. The number of rotatable bonds is 6. The Labute approximate surface area is 200 Å². The third kappa shape index (κ3) is 3.86. The molecule has 5 rings (SSSR count). The molecular formula is C31H26FOP. The SMILES string of the molecule is O[C@@H](c1ccccc1F)c1ccccc1[PH](c1ccccc1)(c1ccccc1)c1ccccc1. The van der Waals surface area contributed by atoms with Gasteiger partial charge in [-0.25, -0.2) is 0 Å². The molecule has 0 aromatic heterocycles. The van der Waals surface area contributed by atoms with Crippen LogP contribution in [0.1, 0.15) is 17.2 Å². The van der Waals surface area contributed by atoms with Crippen molar-refractivity contribution in [2.24, 2.45) is 0 Å². The first-order valence-corrected chi connectivity index (χ1v) is 13.4. The molecule has 0 saturated heterocycles. The van der Waals surface area contributed by atoms with E-state index in [0.717, 1.165) is 10.9 Å². The van der Waals surface area contributed by atoms with Crippen molar-refractivity contribution in [3.05, 3.63) is 156 Å². The van der Waals surface area contributed by atoms with E-state index in [1.165, 1.54) is 22.0 Å². The summed E-state index contributed by atoms with van der Waals surface area (Å²) in [6, 6.07) is 46.0. The maximum absolute atomic E-state index is 14.8. The van der Waals surface area contributed by atoms with Gasteiger partial charge in [-0.05, 0) is 0 Å². The Morgan fingerprint density at radius 3 is 1.32 bits per heavy atom. The number of hydrogen-bond donors (Lipinski definition) is 1. The van der Waals surface area contributed by atoms with Gasteiger partial charge < -0.3 is 0 Å². The first kappa shape index (κ1) is 22.2. The van der Waals surface area contributed by atoms with Crippen LogP contribution in [-0.2, 0) is 0 Å². The third-order valence-electron chi connectivity index (χ3n) is 6.48. The average Bonchev–Trinajstić information content (AvgIpc) is 2.91. The van der Waals surface area contributed by atoms with E-state index in [4.69, 9.17) is 0 Å². The second kappa shape index (κ2) is 9.73. The van der Waals surface area contributed by atoms with Crippen LogP contribution in [0.15, 0.2) is 140 Å². The van der Waals surface area contributed by atoms with Crippen molar-refractivity contribution in [1.82, 2.24) is 0 Å². The quantitative estimate of drug-likeness (QED) is 0.340. The van der Waals surface area contributed by atoms with Gasteiger partial charge in [-0.3, -0.25) is 0 Å². The summed E-state index contributed by atoms with van der Waals surface area (Å²) >= 11 is 0. The number of hydrogen-bond acceptors (Lipinski definition) is 1. The molecule has 0 bridgehead atoms. The Hall–Kier alpha value is -3.58. The predicted molar refractivity (Wildman–Crippen MR) is 143 cm³/mol. The van der Waals surface area contributed by atoms with Gasteiger partial charge >= 0.3 is 201 Å². The fourth-order valence-electron chi connectivity index (χ4n) is 4.97. The van der Waals surface area contributed by atoms with E-state index >= 15 is 0 Å². The average molecular weight is 465 g/mol. The molecule has 0 spiro atoms. The standard InChI is InChI=1S/C31H26FOP/c32-29-22-12-10-20-27(29)31(33)28-21-11-13-23-30(28)34(24-14-4-1-5-15-24,25-16-6-2-7-17-25)26-18-8-3-9-19-26/h1-23,31,33-34H/t31-/m0/s1. The second-order valence-corrected chi connectivity index (χ2v) is 12.1. The van der Waals surface area contributed by atoms with E-state index in [9.17, 15) is 9.50 Å². The summed E-state index contributed by atoms with van der Waals surface area (Å²) in [4.78, 5) is 0. The van der Waals surface area contributed by atoms with Gasteiger partial charge in [0.1, 0.15) is 0 Å². The summed E-state index contributed by atoms with van der Waals surface area (Å²) < 4.78 is 14.8. The van der Waals surface area contributed by atoms with Crippen LogP contribution in [-0.4, -0.2) is 5.11 Å². The number of benzene rings is 5. The normalized spacial score (nSPS) is 12.8. The first-order valence-electron chi connectivity index (χ1n) is 11.4. The molecular weight excluding hydrogens is 438 g/mol. The van der Waals surface area contributed by atoms with Gasteiger partial charge in [0, 0.05) is 0 Å². The van der Waals surface area contributed by atoms with E-state index in [1.807, 2.05) is 36.4 Å². The molecule has 0 aliphatic heterocycles. The molecule has 0 unspecified atom stereocenters. The Morgan fingerprint density at radius 1 is 0.471 bits per heavy atom. The van der Waals surface area contributed by atoms with Gasteiger partial charge in [0.15, 0.2) is 0 Å². The van der Waals surface area contributed by atoms with Crippen molar-refractivity contribution >= 4 is 28.5 Å². The molecule has 0 amide bonds. The molecule has 0 aliphatic carbocycles. The van der Waals surface area contributed by atoms with Gasteiger partial charge in [0.25, 0.3) is 0 Å². The topological polar surface area (TPSA) is 20.2 Å². The van der Waals surface area contributed by atoms with Crippen molar-refractivity contribution in [2.45, 2.75) is 6.10 Å². The van der Waals surface area contributed by atoms with Crippen LogP contribution in [0, 0.1) is 5.82 Å². The van der Waals surface area contributed by atoms with Crippen molar-refractivity contribution < 1.29 is 9.50 Å². The molecule has 34 heavy (non-hydrogen) atoms. The summed E-state index contributed by atoms with van der Waals surface area (Å²) in [5.74, 6) is -0.406. The summed E-state index contributed by atoms with van der Waals surface area (Å²) in [5, 5.41) is 16.2. The Kier molecular flexibility index (Phi) is 6.36. The van der Waals surface area contributed by atoms with E-state index in [2.05, 4.69) is 78.9 Å². The van der Waals surface area contributed by atoms with Gasteiger partial charge in [0.2, 0.25) is 0 Å². The molecule has 168 valence electrons. The Bertz CT molecular complexity index is 1270. The molecule has 0 fully saturated rings. The van der Waals surface area contributed by atoms with Crippen LogP contribution in [0.3, 0.4) is 0 Å². The van der Waals surface area contributed by atoms with Crippen LogP contribution in [0.2, 0.25) is 0 Å². The van der Waals surface area contributed by atoms with Crippen molar-refractivity contribution in [1.29, 1.82) is 0 Å². The minimum absolute atomic E-state index is 0.284. The molecule has 0 heterocycles. The molecule has 1 N–H and O–H groups in total. The molecule has 1 nitrogen and oxygen atoms in total. The van der Waals surface area contributed by atoms with E-state index in [-0.39, 0.29) is 5.56 Å². The van der Waals surface area contributed by atoms with Crippen molar-refractivity contribution in [3.63, 3.8) is 0 Å². The van der Waals surface area contributed by atoms with Crippen molar-refractivity contribution in [3.8, 4) is 0 Å². The Balaban J connectivity index is 1.88.